The number of hydrogen-bond acceptors (Lipinski definition) is 5. The number of nitrogens with zero attached hydrogens (tertiary/aromatic N) is 3. The number of rotatable bonds is 4. The molecular weight excluding hydrogens is 282 g/mol. The van der Waals surface area contributed by atoms with E-state index < -0.39 is 6.04 Å². The Labute approximate surface area is 130 Å². The average Bonchev–Trinajstić information content (AvgIpc) is 2.49. The zero-order valence-corrected chi connectivity index (χ0v) is 13.3. The first-order valence-corrected chi connectivity index (χ1v) is 7.58. The van der Waals surface area contributed by atoms with Gasteiger partial charge in [-0.2, -0.15) is 5.10 Å². The van der Waals surface area contributed by atoms with Crippen molar-refractivity contribution < 1.29 is 9.59 Å². The number of piperidine rings is 1. The Hall–Kier alpha value is -2.18. The molecule has 2 rings (SSSR count). The first-order chi connectivity index (χ1) is 10.5. The Balaban J connectivity index is 1.81. The van der Waals surface area contributed by atoms with Crippen LogP contribution in [0.3, 0.4) is 0 Å². The SMILES string of the molecule is CC(=O)N[C@H](C)C(=O)N1CCC(Nc2ccc(C)nn2)CC1. The van der Waals surface area contributed by atoms with Crippen molar-refractivity contribution in [2.24, 2.45) is 0 Å². The van der Waals surface area contributed by atoms with Gasteiger partial charge in [-0.15, -0.1) is 5.10 Å². The Morgan fingerprint density at radius 1 is 1.27 bits per heavy atom. The van der Waals surface area contributed by atoms with Crippen LogP contribution in [0.5, 0.6) is 0 Å². The largest absolute Gasteiger partial charge is 0.366 e. The van der Waals surface area contributed by atoms with Crippen LogP contribution in [0, 0.1) is 6.92 Å². The van der Waals surface area contributed by atoms with Gasteiger partial charge in [0.2, 0.25) is 11.8 Å². The van der Waals surface area contributed by atoms with Crippen LogP contribution in [0.25, 0.3) is 0 Å². The zero-order valence-electron chi connectivity index (χ0n) is 13.3. The topological polar surface area (TPSA) is 87.2 Å². The molecule has 22 heavy (non-hydrogen) atoms. The molecule has 2 amide bonds. The molecule has 0 saturated carbocycles. The highest BCUT2D eigenvalue weighted by Gasteiger charge is 2.26. The lowest BCUT2D eigenvalue weighted by Crippen LogP contribution is -2.50. The van der Waals surface area contributed by atoms with E-state index in [4.69, 9.17) is 0 Å². The lowest BCUT2D eigenvalue weighted by molar-refractivity contribution is -0.136. The molecule has 0 aromatic carbocycles. The summed E-state index contributed by atoms with van der Waals surface area (Å²) in [5, 5.41) is 14.1. The van der Waals surface area contributed by atoms with Gasteiger partial charge in [-0.25, -0.2) is 0 Å². The Morgan fingerprint density at radius 2 is 1.95 bits per heavy atom. The molecule has 0 spiro atoms. The maximum absolute atomic E-state index is 12.2. The van der Waals surface area contributed by atoms with E-state index >= 15 is 0 Å². The van der Waals surface area contributed by atoms with Gasteiger partial charge in [0.25, 0.3) is 0 Å². The van der Waals surface area contributed by atoms with Gasteiger partial charge in [-0.05, 0) is 38.8 Å². The van der Waals surface area contributed by atoms with Crippen molar-refractivity contribution in [1.29, 1.82) is 0 Å². The molecule has 1 atom stereocenters. The van der Waals surface area contributed by atoms with Gasteiger partial charge in [0.05, 0.1) is 5.69 Å². The molecule has 7 heteroatoms. The quantitative estimate of drug-likeness (QED) is 0.855. The van der Waals surface area contributed by atoms with Gasteiger partial charge in [0.15, 0.2) is 0 Å². The summed E-state index contributed by atoms with van der Waals surface area (Å²) >= 11 is 0. The third-order valence-electron chi connectivity index (χ3n) is 3.75. The summed E-state index contributed by atoms with van der Waals surface area (Å²) in [5.74, 6) is 0.557. The molecule has 0 aliphatic carbocycles. The van der Waals surface area contributed by atoms with Crippen LogP contribution in [-0.2, 0) is 9.59 Å². The number of amides is 2. The highest BCUT2D eigenvalue weighted by Crippen LogP contribution is 2.15. The zero-order chi connectivity index (χ0) is 16.1. The predicted molar refractivity (Wildman–Crippen MR) is 83.3 cm³/mol. The smallest absolute Gasteiger partial charge is 0.244 e. The van der Waals surface area contributed by atoms with E-state index in [-0.39, 0.29) is 17.9 Å². The number of anilines is 1. The van der Waals surface area contributed by atoms with E-state index in [1.54, 1.807) is 11.8 Å². The molecule has 2 N–H and O–H groups in total. The van der Waals surface area contributed by atoms with Crippen molar-refractivity contribution in [3.8, 4) is 0 Å². The van der Waals surface area contributed by atoms with Crippen LogP contribution in [0.4, 0.5) is 5.82 Å². The minimum absolute atomic E-state index is 0.0243. The first-order valence-electron chi connectivity index (χ1n) is 7.58. The molecule has 120 valence electrons. The molecule has 1 saturated heterocycles. The molecule has 1 aliphatic rings. The molecule has 1 aromatic heterocycles. The minimum Gasteiger partial charge on any atom is -0.366 e. The number of aryl methyl sites for hydroxylation is 1. The molecular formula is C15H23N5O2. The first kappa shape index (κ1) is 16.2. The summed E-state index contributed by atoms with van der Waals surface area (Å²) in [5.41, 5.74) is 0.887. The highest BCUT2D eigenvalue weighted by molar-refractivity contribution is 5.86. The van der Waals surface area contributed by atoms with Gasteiger partial charge in [-0.3, -0.25) is 9.59 Å². The van der Waals surface area contributed by atoms with E-state index in [2.05, 4.69) is 20.8 Å². The molecule has 7 nitrogen and oxygen atoms in total. The summed E-state index contributed by atoms with van der Waals surface area (Å²) in [6.07, 6.45) is 1.71. The maximum Gasteiger partial charge on any atom is 0.244 e. The van der Waals surface area contributed by atoms with Gasteiger partial charge in [-0.1, -0.05) is 0 Å². The van der Waals surface area contributed by atoms with Crippen molar-refractivity contribution in [2.75, 3.05) is 18.4 Å². The van der Waals surface area contributed by atoms with Crippen LogP contribution in [0.2, 0.25) is 0 Å². The second kappa shape index (κ2) is 7.20. The van der Waals surface area contributed by atoms with Crippen LogP contribution in [0.15, 0.2) is 12.1 Å². The van der Waals surface area contributed by atoms with E-state index in [0.29, 0.717) is 13.1 Å². The van der Waals surface area contributed by atoms with Gasteiger partial charge >= 0.3 is 0 Å². The number of aromatic nitrogens is 2. The molecule has 1 aliphatic heterocycles. The van der Waals surface area contributed by atoms with E-state index in [0.717, 1.165) is 24.4 Å². The summed E-state index contributed by atoms with van der Waals surface area (Å²) < 4.78 is 0. The number of nitrogens with one attached hydrogen (secondary N) is 2. The summed E-state index contributed by atoms with van der Waals surface area (Å²) in [6, 6.07) is 3.66. The third kappa shape index (κ3) is 4.41. The Bertz CT molecular complexity index is 523. The fourth-order valence-electron chi connectivity index (χ4n) is 2.57. The minimum atomic E-state index is -0.468. The molecule has 0 bridgehead atoms. The molecule has 1 fully saturated rings. The third-order valence-corrected chi connectivity index (χ3v) is 3.75. The standard InChI is InChI=1S/C15H23N5O2/c1-10-4-5-14(19-18-10)17-13-6-8-20(9-7-13)15(22)11(2)16-12(3)21/h4-5,11,13H,6-9H2,1-3H3,(H,16,21)(H,17,19)/t11-/m1/s1. The monoisotopic (exact) mass is 305 g/mol. The van der Waals surface area contributed by atoms with Crippen LogP contribution in [-0.4, -0.2) is 52.1 Å². The second-order valence-electron chi connectivity index (χ2n) is 5.73. The highest BCUT2D eigenvalue weighted by atomic mass is 16.2. The fourth-order valence-corrected chi connectivity index (χ4v) is 2.57. The second-order valence-corrected chi connectivity index (χ2v) is 5.73. The van der Waals surface area contributed by atoms with E-state index in [9.17, 15) is 9.59 Å². The average molecular weight is 305 g/mol. The van der Waals surface area contributed by atoms with Crippen LogP contribution in [0.1, 0.15) is 32.4 Å². The van der Waals surface area contributed by atoms with E-state index in [1.807, 2.05) is 19.1 Å². The van der Waals surface area contributed by atoms with Crippen LogP contribution >= 0.6 is 0 Å². The van der Waals surface area contributed by atoms with E-state index in [1.165, 1.54) is 6.92 Å². The van der Waals surface area contributed by atoms with Crippen LogP contribution < -0.4 is 10.6 Å². The molecule has 0 unspecified atom stereocenters. The van der Waals surface area contributed by atoms with Crippen molar-refractivity contribution in [3.05, 3.63) is 17.8 Å². The Morgan fingerprint density at radius 3 is 2.50 bits per heavy atom. The normalized spacial score (nSPS) is 17.0. The lowest BCUT2D eigenvalue weighted by atomic mass is 10.0. The Kier molecular flexibility index (Phi) is 5.30. The summed E-state index contributed by atoms with van der Waals surface area (Å²) in [4.78, 5) is 25.0. The maximum atomic E-state index is 12.2. The number of carbonyl (C=O) groups excluding carboxylic acids is 2. The number of carbonyl (C=O) groups is 2. The molecule has 2 heterocycles. The molecule has 0 radical (unpaired) electrons. The summed E-state index contributed by atoms with van der Waals surface area (Å²) in [6.45, 7) is 6.40. The molecule has 1 aromatic rings. The number of likely N-dealkylation sites (tertiary alicyclic amines) is 1. The van der Waals surface area contributed by atoms with Crippen molar-refractivity contribution in [3.63, 3.8) is 0 Å². The van der Waals surface area contributed by atoms with Crippen molar-refractivity contribution >= 4 is 17.6 Å². The lowest BCUT2D eigenvalue weighted by Gasteiger charge is -2.34. The van der Waals surface area contributed by atoms with Crippen molar-refractivity contribution in [2.45, 2.75) is 45.7 Å². The van der Waals surface area contributed by atoms with Gasteiger partial charge in [0.1, 0.15) is 11.9 Å². The van der Waals surface area contributed by atoms with Gasteiger partial charge < -0.3 is 15.5 Å². The fraction of sp³-hybridized carbons (Fsp3) is 0.600. The van der Waals surface area contributed by atoms with Gasteiger partial charge in [0, 0.05) is 26.1 Å². The number of hydrogen-bond donors (Lipinski definition) is 2. The predicted octanol–water partition coefficient (Wildman–Crippen LogP) is 0.713. The summed E-state index contributed by atoms with van der Waals surface area (Å²) in [7, 11) is 0. The van der Waals surface area contributed by atoms with Crippen molar-refractivity contribution in [1.82, 2.24) is 20.4 Å².